The highest BCUT2D eigenvalue weighted by molar-refractivity contribution is 6.56. The Balaban J connectivity index is 2.83. The summed E-state index contributed by atoms with van der Waals surface area (Å²) in [4.78, 5) is 4.10. The summed E-state index contributed by atoms with van der Waals surface area (Å²) in [6.07, 6.45) is 1.41. The molecule has 0 unspecified atom stereocenters. The minimum Gasteiger partial charge on any atom is -0.397 e. The topological polar surface area (TPSA) is 38.9 Å². The number of nitrogen functional groups attached to an aromatic ring is 1. The minimum atomic E-state index is 0.0784. The van der Waals surface area contributed by atoms with Crippen LogP contribution in [-0.2, 0) is 0 Å². The summed E-state index contributed by atoms with van der Waals surface area (Å²) in [7, 11) is 0. The highest BCUT2D eigenvalue weighted by atomic mass is 35.5. The molecule has 0 aliphatic rings. The molecule has 2 rings (SSSR count). The molecule has 2 aromatic rings. The van der Waals surface area contributed by atoms with Gasteiger partial charge in [0.2, 0.25) is 0 Å². The summed E-state index contributed by atoms with van der Waals surface area (Å²) < 4.78 is 0. The van der Waals surface area contributed by atoms with Gasteiger partial charge in [0.1, 0.15) is 0 Å². The van der Waals surface area contributed by atoms with Gasteiger partial charge in [-0.2, -0.15) is 0 Å². The van der Waals surface area contributed by atoms with Crippen LogP contribution in [0.25, 0.3) is 11.3 Å². The molecule has 0 fully saturated rings. The summed E-state index contributed by atoms with van der Waals surface area (Å²) in [5, 5.41) is 0.896. The molecule has 1 aromatic heterocycles. The normalized spacial score (nSPS) is 10.8. The summed E-state index contributed by atoms with van der Waals surface area (Å²) in [5.74, 6) is 0. The number of pyridine rings is 1. The minimum absolute atomic E-state index is 0.0784. The molecule has 0 radical (unpaired) electrons. The van der Waals surface area contributed by atoms with E-state index in [-0.39, 0.29) is 25.1 Å². The molecule has 2 N–H and O–H groups in total. The van der Waals surface area contributed by atoms with E-state index in [1.165, 1.54) is 12.3 Å². The molecule has 0 aliphatic carbocycles. The first kappa shape index (κ1) is 15.3. The second-order valence-electron chi connectivity index (χ2n) is 3.54. The Hall–Kier alpha value is -0.0900. The average Bonchev–Trinajstić information content (AvgIpc) is 2.37. The summed E-state index contributed by atoms with van der Waals surface area (Å²) in [6.45, 7) is 0. The van der Waals surface area contributed by atoms with Gasteiger partial charge in [-0.15, -0.1) is 0 Å². The maximum atomic E-state index is 6.13. The Morgan fingerprint density at radius 3 is 1.74 bits per heavy atom. The molecule has 1 heterocycles. The second kappa shape index (κ2) is 5.72. The lowest BCUT2D eigenvalue weighted by atomic mass is 10.1. The monoisotopic (exact) mass is 374 g/mol. The molecule has 2 nitrogen and oxygen atoms in total. The van der Waals surface area contributed by atoms with Crippen LogP contribution < -0.4 is 5.73 Å². The predicted molar refractivity (Wildman–Crippen MR) is 84.1 cm³/mol. The Labute approximate surface area is 139 Å². The lowest BCUT2D eigenvalue weighted by Gasteiger charge is -2.13. The number of hydrogen-bond donors (Lipinski definition) is 1. The molecule has 0 spiro atoms. The number of halogens is 6. The Kier molecular flexibility index (Phi) is 4.61. The summed E-state index contributed by atoms with van der Waals surface area (Å²) >= 11 is 35.9. The van der Waals surface area contributed by atoms with Gasteiger partial charge in [-0.05, 0) is 6.07 Å². The van der Waals surface area contributed by atoms with Crippen molar-refractivity contribution in [2.45, 2.75) is 0 Å². The molecule has 1 aromatic carbocycles. The molecule has 8 heteroatoms. The Morgan fingerprint density at radius 1 is 0.789 bits per heavy atom. The fraction of sp³-hybridized carbons (Fsp3) is 0. The smallest absolute Gasteiger partial charge is 0.0963 e. The van der Waals surface area contributed by atoms with Crippen molar-refractivity contribution < 1.29 is 0 Å². The van der Waals surface area contributed by atoms with E-state index >= 15 is 0 Å². The van der Waals surface area contributed by atoms with Gasteiger partial charge >= 0.3 is 0 Å². The van der Waals surface area contributed by atoms with Crippen LogP contribution in [0.2, 0.25) is 30.1 Å². The zero-order valence-corrected chi connectivity index (χ0v) is 13.5. The molecule has 0 atom stereocenters. The summed E-state index contributed by atoms with van der Waals surface area (Å²) in [6, 6.07) is 1.52. The lowest BCUT2D eigenvalue weighted by molar-refractivity contribution is 1.33. The second-order valence-corrected chi connectivity index (χ2v) is 5.86. The number of hydrogen-bond acceptors (Lipinski definition) is 2. The lowest BCUT2D eigenvalue weighted by Crippen LogP contribution is -1.96. The van der Waals surface area contributed by atoms with E-state index in [1.807, 2.05) is 0 Å². The molecule has 0 aliphatic heterocycles. The van der Waals surface area contributed by atoms with Gasteiger partial charge in [0.05, 0.1) is 41.5 Å². The van der Waals surface area contributed by atoms with Crippen molar-refractivity contribution in [2.75, 3.05) is 5.73 Å². The SMILES string of the molecule is Nc1cc(Cl)cnc1-c1c(Cl)c(Cl)c(Cl)c(Cl)c1Cl. The molecular weight excluding hydrogens is 373 g/mol. The molecule has 100 valence electrons. The molecular formula is C11H4Cl6N2. The third kappa shape index (κ3) is 2.71. The maximum absolute atomic E-state index is 6.13. The van der Waals surface area contributed by atoms with Crippen LogP contribution in [-0.4, -0.2) is 4.98 Å². The van der Waals surface area contributed by atoms with E-state index in [0.29, 0.717) is 22.0 Å². The average molecular weight is 377 g/mol. The standard InChI is InChI=1S/C11H4Cl6N2/c12-3-1-4(18)11(19-2-3)5-6(13)8(15)10(17)9(16)7(5)14/h1-2H,18H2. The molecule has 0 saturated heterocycles. The van der Waals surface area contributed by atoms with Gasteiger partial charge < -0.3 is 5.73 Å². The van der Waals surface area contributed by atoms with Crippen molar-refractivity contribution in [3.8, 4) is 11.3 Å². The van der Waals surface area contributed by atoms with E-state index in [2.05, 4.69) is 4.98 Å². The van der Waals surface area contributed by atoms with Gasteiger partial charge in [-0.25, -0.2) is 0 Å². The zero-order chi connectivity index (χ0) is 14.3. The third-order valence-corrected chi connectivity index (χ3v) is 4.81. The number of nitrogens with two attached hydrogens (primary N) is 1. The van der Waals surface area contributed by atoms with Crippen molar-refractivity contribution in [3.63, 3.8) is 0 Å². The first-order chi connectivity index (χ1) is 8.84. The zero-order valence-electron chi connectivity index (χ0n) is 8.95. The number of anilines is 1. The maximum Gasteiger partial charge on any atom is 0.0963 e. The molecule has 0 bridgehead atoms. The van der Waals surface area contributed by atoms with E-state index in [9.17, 15) is 0 Å². The molecule has 0 amide bonds. The third-order valence-electron chi connectivity index (χ3n) is 2.33. The van der Waals surface area contributed by atoms with Crippen molar-refractivity contribution in [1.82, 2.24) is 4.98 Å². The van der Waals surface area contributed by atoms with E-state index in [0.717, 1.165) is 0 Å². The highest BCUT2D eigenvalue weighted by Crippen LogP contribution is 2.48. The fourth-order valence-electron chi connectivity index (χ4n) is 1.48. The molecule has 19 heavy (non-hydrogen) atoms. The van der Waals surface area contributed by atoms with Crippen LogP contribution in [0.1, 0.15) is 0 Å². The largest absolute Gasteiger partial charge is 0.397 e. The van der Waals surface area contributed by atoms with Gasteiger partial charge in [0.25, 0.3) is 0 Å². The Bertz CT molecular complexity index is 642. The van der Waals surface area contributed by atoms with Gasteiger partial charge in [0.15, 0.2) is 0 Å². The van der Waals surface area contributed by atoms with Crippen molar-refractivity contribution in [2.24, 2.45) is 0 Å². The van der Waals surface area contributed by atoms with Gasteiger partial charge in [0, 0.05) is 11.8 Å². The van der Waals surface area contributed by atoms with Gasteiger partial charge in [-0.3, -0.25) is 4.98 Å². The van der Waals surface area contributed by atoms with Crippen molar-refractivity contribution in [3.05, 3.63) is 42.4 Å². The van der Waals surface area contributed by atoms with Crippen LogP contribution in [0.4, 0.5) is 5.69 Å². The van der Waals surface area contributed by atoms with Crippen molar-refractivity contribution in [1.29, 1.82) is 0 Å². The number of benzene rings is 1. The van der Waals surface area contributed by atoms with Crippen molar-refractivity contribution >= 4 is 75.3 Å². The van der Waals surface area contributed by atoms with Crippen LogP contribution in [0, 0.1) is 0 Å². The van der Waals surface area contributed by atoms with E-state index in [1.54, 1.807) is 0 Å². The van der Waals surface area contributed by atoms with E-state index in [4.69, 9.17) is 75.3 Å². The number of nitrogens with zero attached hydrogens (tertiary/aromatic N) is 1. The van der Waals surface area contributed by atoms with Crippen LogP contribution in [0.15, 0.2) is 12.3 Å². The first-order valence-electron chi connectivity index (χ1n) is 4.77. The summed E-state index contributed by atoms with van der Waals surface area (Å²) in [5.41, 5.74) is 6.79. The molecule has 0 saturated carbocycles. The van der Waals surface area contributed by atoms with Crippen LogP contribution >= 0.6 is 69.6 Å². The van der Waals surface area contributed by atoms with Gasteiger partial charge in [-0.1, -0.05) is 69.6 Å². The number of rotatable bonds is 1. The quantitative estimate of drug-likeness (QED) is 0.471. The Morgan fingerprint density at radius 2 is 1.26 bits per heavy atom. The highest BCUT2D eigenvalue weighted by Gasteiger charge is 2.22. The fourth-order valence-corrected chi connectivity index (χ4v) is 2.96. The van der Waals surface area contributed by atoms with E-state index < -0.39 is 0 Å². The first-order valence-corrected chi connectivity index (χ1v) is 7.04. The number of aromatic nitrogens is 1. The van der Waals surface area contributed by atoms with Crippen LogP contribution in [0.3, 0.4) is 0 Å². The predicted octanol–water partition coefficient (Wildman–Crippen LogP) is 6.25. The van der Waals surface area contributed by atoms with Crippen LogP contribution in [0.5, 0.6) is 0 Å².